The van der Waals surface area contributed by atoms with Gasteiger partial charge in [-0.1, -0.05) is 38.1 Å². The lowest BCUT2D eigenvalue weighted by Gasteiger charge is -2.24. The molecule has 1 amide bonds. The summed E-state index contributed by atoms with van der Waals surface area (Å²) >= 11 is 0. The average molecular weight is 312 g/mol. The van der Waals surface area contributed by atoms with Crippen molar-refractivity contribution in [3.05, 3.63) is 60.2 Å². The molecule has 4 heteroatoms. The van der Waals surface area contributed by atoms with Crippen molar-refractivity contribution in [1.82, 2.24) is 5.32 Å². The van der Waals surface area contributed by atoms with Crippen LogP contribution < -0.4 is 15.4 Å². The number of hydrogen-bond acceptors (Lipinski definition) is 3. The molecule has 1 atom stereocenters. The van der Waals surface area contributed by atoms with Crippen LogP contribution in [0, 0.1) is 5.92 Å². The Hall–Kier alpha value is -2.49. The summed E-state index contributed by atoms with van der Waals surface area (Å²) in [5.74, 6) is 0.977. The largest absolute Gasteiger partial charge is 0.497 e. The molecule has 2 aromatic rings. The van der Waals surface area contributed by atoms with E-state index in [1.165, 1.54) is 0 Å². The smallest absolute Gasteiger partial charge is 0.251 e. The molecule has 0 fully saturated rings. The SMILES string of the molecule is COc1cccc(C(=O)NCC(Nc2ccccc2)C(C)C)c1. The highest BCUT2D eigenvalue weighted by Gasteiger charge is 2.15. The number of carbonyl (C=O) groups excluding carboxylic acids is 1. The van der Waals surface area contributed by atoms with E-state index in [0.717, 1.165) is 5.69 Å². The molecule has 1 unspecified atom stereocenters. The Morgan fingerprint density at radius 1 is 1.09 bits per heavy atom. The van der Waals surface area contributed by atoms with Crippen molar-refractivity contribution in [3.8, 4) is 5.75 Å². The van der Waals surface area contributed by atoms with Crippen molar-refractivity contribution < 1.29 is 9.53 Å². The minimum absolute atomic E-state index is 0.0931. The average Bonchev–Trinajstić information content (AvgIpc) is 2.59. The molecule has 0 aliphatic rings. The molecule has 0 saturated carbocycles. The van der Waals surface area contributed by atoms with Crippen LogP contribution in [0.4, 0.5) is 5.69 Å². The summed E-state index contributed by atoms with van der Waals surface area (Å²) in [6.07, 6.45) is 0. The zero-order valence-electron chi connectivity index (χ0n) is 13.9. The number of methoxy groups -OCH3 is 1. The summed E-state index contributed by atoms with van der Waals surface area (Å²) in [5, 5.41) is 6.46. The van der Waals surface area contributed by atoms with E-state index in [0.29, 0.717) is 23.8 Å². The first kappa shape index (κ1) is 16.9. The second-order valence-corrected chi connectivity index (χ2v) is 5.80. The molecule has 0 aliphatic heterocycles. The molecule has 23 heavy (non-hydrogen) atoms. The number of ether oxygens (including phenoxy) is 1. The summed E-state index contributed by atoms with van der Waals surface area (Å²) in [4.78, 5) is 12.3. The monoisotopic (exact) mass is 312 g/mol. The highest BCUT2D eigenvalue weighted by atomic mass is 16.5. The number of para-hydroxylation sites is 1. The van der Waals surface area contributed by atoms with E-state index < -0.39 is 0 Å². The Morgan fingerprint density at radius 2 is 1.83 bits per heavy atom. The van der Waals surface area contributed by atoms with Crippen LogP contribution in [0.15, 0.2) is 54.6 Å². The van der Waals surface area contributed by atoms with E-state index in [9.17, 15) is 4.79 Å². The molecule has 2 N–H and O–H groups in total. The van der Waals surface area contributed by atoms with Gasteiger partial charge in [0.2, 0.25) is 0 Å². The van der Waals surface area contributed by atoms with Crippen molar-refractivity contribution in [2.24, 2.45) is 5.92 Å². The van der Waals surface area contributed by atoms with Crippen LogP contribution in [0.25, 0.3) is 0 Å². The Bertz CT molecular complexity index is 626. The molecule has 0 saturated heterocycles. The molecule has 122 valence electrons. The van der Waals surface area contributed by atoms with Gasteiger partial charge in [0.25, 0.3) is 5.91 Å². The summed E-state index contributed by atoms with van der Waals surface area (Å²) in [6.45, 7) is 4.83. The second kappa shape index (κ2) is 8.22. The highest BCUT2D eigenvalue weighted by molar-refractivity contribution is 5.94. The highest BCUT2D eigenvalue weighted by Crippen LogP contribution is 2.14. The van der Waals surface area contributed by atoms with Gasteiger partial charge in [-0.2, -0.15) is 0 Å². The van der Waals surface area contributed by atoms with Crippen molar-refractivity contribution >= 4 is 11.6 Å². The van der Waals surface area contributed by atoms with E-state index in [2.05, 4.69) is 24.5 Å². The molecule has 0 heterocycles. The lowest BCUT2D eigenvalue weighted by molar-refractivity contribution is 0.0950. The van der Waals surface area contributed by atoms with Crippen molar-refractivity contribution in [1.29, 1.82) is 0 Å². The molecule has 0 bridgehead atoms. The fraction of sp³-hybridized carbons (Fsp3) is 0.316. The normalized spacial score (nSPS) is 11.8. The lowest BCUT2D eigenvalue weighted by atomic mass is 10.0. The predicted octanol–water partition coefficient (Wildman–Crippen LogP) is 3.56. The lowest BCUT2D eigenvalue weighted by Crippen LogP contribution is -2.39. The molecule has 2 aromatic carbocycles. The Morgan fingerprint density at radius 3 is 2.48 bits per heavy atom. The van der Waals surface area contributed by atoms with E-state index in [4.69, 9.17) is 4.74 Å². The van der Waals surface area contributed by atoms with Gasteiger partial charge < -0.3 is 15.4 Å². The molecule has 0 radical (unpaired) electrons. The number of nitrogens with one attached hydrogen (secondary N) is 2. The van der Waals surface area contributed by atoms with Crippen LogP contribution >= 0.6 is 0 Å². The van der Waals surface area contributed by atoms with E-state index >= 15 is 0 Å². The number of carbonyl (C=O) groups is 1. The third-order valence-corrected chi connectivity index (χ3v) is 3.75. The molecule has 4 nitrogen and oxygen atoms in total. The summed E-state index contributed by atoms with van der Waals surface area (Å²) < 4.78 is 5.16. The Kier molecular flexibility index (Phi) is 6.03. The number of amides is 1. The molecule has 0 spiro atoms. The van der Waals surface area contributed by atoms with Gasteiger partial charge >= 0.3 is 0 Å². The van der Waals surface area contributed by atoms with Gasteiger partial charge in [-0.15, -0.1) is 0 Å². The van der Waals surface area contributed by atoms with Gasteiger partial charge in [0.15, 0.2) is 0 Å². The Balaban J connectivity index is 1.96. The van der Waals surface area contributed by atoms with Crippen molar-refractivity contribution in [3.63, 3.8) is 0 Å². The minimum Gasteiger partial charge on any atom is -0.497 e. The fourth-order valence-corrected chi connectivity index (χ4v) is 2.27. The van der Waals surface area contributed by atoms with Gasteiger partial charge in [0.1, 0.15) is 5.75 Å². The number of anilines is 1. The number of hydrogen-bond donors (Lipinski definition) is 2. The zero-order valence-corrected chi connectivity index (χ0v) is 13.9. The van der Waals surface area contributed by atoms with Gasteiger partial charge in [0.05, 0.1) is 7.11 Å². The van der Waals surface area contributed by atoms with E-state index in [-0.39, 0.29) is 11.9 Å². The van der Waals surface area contributed by atoms with Crippen LogP contribution in [0.3, 0.4) is 0 Å². The number of rotatable bonds is 7. The quantitative estimate of drug-likeness (QED) is 0.822. The van der Waals surface area contributed by atoms with Gasteiger partial charge in [0, 0.05) is 23.8 Å². The fourth-order valence-electron chi connectivity index (χ4n) is 2.27. The minimum atomic E-state index is -0.0931. The van der Waals surface area contributed by atoms with Crippen molar-refractivity contribution in [2.75, 3.05) is 19.0 Å². The first-order chi connectivity index (χ1) is 11.1. The third kappa shape index (κ3) is 5.02. The van der Waals surface area contributed by atoms with Crippen LogP contribution in [-0.2, 0) is 0 Å². The second-order valence-electron chi connectivity index (χ2n) is 5.80. The summed E-state index contributed by atoms with van der Waals surface area (Å²) in [5.41, 5.74) is 1.66. The standard InChI is InChI=1S/C19H24N2O2/c1-14(2)18(21-16-9-5-4-6-10-16)13-20-19(22)15-8-7-11-17(12-15)23-3/h4-12,14,18,21H,13H2,1-3H3,(H,20,22). The van der Waals surface area contributed by atoms with Gasteiger partial charge in [-0.3, -0.25) is 4.79 Å². The maximum Gasteiger partial charge on any atom is 0.251 e. The van der Waals surface area contributed by atoms with E-state index in [1.54, 1.807) is 19.2 Å². The van der Waals surface area contributed by atoms with Crippen LogP contribution in [0.1, 0.15) is 24.2 Å². The van der Waals surface area contributed by atoms with Gasteiger partial charge in [-0.25, -0.2) is 0 Å². The van der Waals surface area contributed by atoms with E-state index in [1.807, 2.05) is 42.5 Å². The van der Waals surface area contributed by atoms with Crippen LogP contribution in [0.5, 0.6) is 5.75 Å². The molecular weight excluding hydrogens is 288 g/mol. The first-order valence-corrected chi connectivity index (χ1v) is 7.84. The summed E-state index contributed by atoms with van der Waals surface area (Å²) in [6, 6.07) is 17.4. The maximum atomic E-state index is 12.3. The number of benzene rings is 2. The zero-order chi connectivity index (χ0) is 16.7. The summed E-state index contributed by atoms with van der Waals surface area (Å²) in [7, 11) is 1.59. The van der Waals surface area contributed by atoms with Crippen LogP contribution in [0.2, 0.25) is 0 Å². The molecule has 2 rings (SSSR count). The maximum absolute atomic E-state index is 12.3. The third-order valence-electron chi connectivity index (χ3n) is 3.75. The van der Waals surface area contributed by atoms with Crippen LogP contribution in [-0.4, -0.2) is 25.6 Å². The topological polar surface area (TPSA) is 50.4 Å². The molecule has 0 aromatic heterocycles. The predicted molar refractivity (Wildman–Crippen MR) is 94.0 cm³/mol. The molecular formula is C19H24N2O2. The van der Waals surface area contributed by atoms with Gasteiger partial charge in [-0.05, 0) is 36.2 Å². The Labute approximate surface area is 137 Å². The first-order valence-electron chi connectivity index (χ1n) is 7.84. The molecule has 0 aliphatic carbocycles. The van der Waals surface area contributed by atoms with Crippen molar-refractivity contribution in [2.45, 2.75) is 19.9 Å².